The van der Waals surface area contributed by atoms with E-state index in [0.29, 0.717) is 13.2 Å². The van der Waals surface area contributed by atoms with Gasteiger partial charge in [0, 0.05) is 0 Å². The molecule has 0 saturated heterocycles. The summed E-state index contributed by atoms with van der Waals surface area (Å²) in [6.45, 7) is 3.32. The van der Waals surface area contributed by atoms with Gasteiger partial charge in [-0.1, -0.05) is 73.7 Å². The topological polar surface area (TPSA) is 29.5 Å². The van der Waals surface area contributed by atoms with Crippen molar-refractivity contribution in [1.29, 1.82) is 0 Å². The summed E-state index contributed by atoms with van der Waals surface area (Å²) in [4.78, 5) is 0. The molecule has 1 N–H and O–H groups in total. The van der Waals surface area contributed by atoms with Gasteiger partial charge < -0.3 is 9.84 Å². The van der Waals surface area contributed by atoms with Crippen LogP contribution in [0, 0.1) is 0 Å². The van der Waals surface area contributed by atoms with Crippen LogP contribution in [0.5, 0.6) is 0 Å². The molecule has 0 radical (unpaired) electrons. The summed E-state index contributed by atoms with van der Waals surface area (Å²) in [5.74, 6) is 0. The molecule has 2 rings (SSSR count). The summed E-state index contributed by atoms with van der Waals surface area (Å²) in [7, 11) is 0. The lowest BCUT2D eigenvalue weighted by atomic mass is 10.2. The Morgan fingerprint density at radius 3 is 1.60 bits per heavy atom. The summed E-state index contributed by atoms with van der Waals surface area (Å²) in [6.07, 6.45) is 3.65. The van der Waals surface area contributed by atoms with Gasteiger partial charge in [0.2, 0.25) is 0 Å². The number of aliphatic hydroxyl groups excluding tert-OH is 1. The Labute approximate surface area is 121 Å². The van der Waals surface area contributed by atoms with E-state index >= 15 is 0 Å². The number of aliphatic hydroxyl groups is 1. The number of benzene rings is 2. The zero-order valence-electron chi connectivity index (χ0n) is 11.9. The molecule has 0 aliphatic heterocycles. The van der Waals surface area contributed by atoms with Gasteiger partial charge in [0.1, 0.15) is 0 Å². The molecular weight excluding hydrogens is 248 g/mol. The summed E-state index contributed by atoms with van der Waals surface area (Å²) in [5.41, 5.74) is 2.43. The molecule has 0 aromatic heterocycles. The molecule has 2 aromatic carbocycles. The van der Waals surface area contributed by atoms with E-state index in [1.54, 1.807) is 6.08 Å². The van der Waals surface area contributed by atoms with Crippen LogP contribution in [0.4, 0.5) is 0 Å². The minimum atomic E-state index is 0.676. The lowest BCUT2D eigenvalue weighted by Gasteiger charge is -2.03. The quantitative estimate of drug-likeness (QED) is 0.785. The summed E-state index contributed by atoms with van der Waals surface area (Å²) in [6, 6.07) is 20.4. The third-order valence-electron chi connectivity index (χ3n) is 2.56. The standard InChI is InChI=1S/C14H14O.C4H8O/c1-3-7-13(8-4-1)11-15-12-14-9-5-2-6-10-14;1-2-3-4-5/h1-10H,11-12H2;3-5H,2H2,1H3. The minimum absolute atomic E-state index is 0.676. The molecule has 20 heavy (non-hydrogen) atoms. The van der Waals surface area contributed by atoms with Crippen LogP contribution in [0.25, 0.3) is 0 Å². The highest BCUT2D eigenvalue weighted by Gasteiger charge is 1.93. The average molecular weight is 270 g/mol. The Morgan fingerprint density at radius 2 is 1.30 bits per heavy atom. The van der Waals surface area contributed by atoms with Crippen molar-refractivity contribution in [3.63, 3.8) is 0 Å². The van der Waals surface area contributed by atoms with Crippen molar-refractivity contribution in [3.8, 4) is 0 Å². The third-order valence-corrected chi connectivity index (χ3v) is 2.56. The molecule has 2 heteroatoms. The van der Waals surface area contributed by atoms with Gasteiger partial charge in [-0.25, -0.2) is 0 Å². The first-order valence-corrected chi connectivity index (χ1v) is 6.81. The Kier molecular flexibility index (Phi) is 8.66. The Bertz CT molecular complexity index is 424. The van der Waals surface area contributed by atoms with Crippen molar-refractivity contribution in [2.75, 3.05) is 0 Å². The number of ether oxygens (including phenoxy) is 1. The predicted molar refractivity (Wildman–Crippen MR) is 83.4 cm³/mol. The van der Waals surface area contributed by atoms with Gasteiger partial charge >= 0.3 is 0 Å². The van der Waals surface area contributed by atoms with Crippen molar-refractivity contribution < 1.29 is 9.84 Å². The van der Waals surface area contributed by atoms with Crippen molar-refractivity contribution in [2.24, 2.45) is 0 Å². The SMILES string of the molecule is CCC=CO.c1ccc(COCc2ccccc2)cc1. The Balaban J connectivity index is 0.000000347. The second-order valence-electron chi connectivity index (χ2n) is 4.26. The maximum absolute atomic E-state index is 7.89. The average Bonchev–Trinajstić information content (AvgIpc) is 2.51. The van der Waals surface area contributed by atoms with Gasteiger partial charge in [0.05, 0.1) is 19.5 Å². The van der Waals surface area contributed by atoms with E-state index in [-0.39, 0.29) is 0 Å². The van der Waals surface area contributed by atoms with Crippen LogP contribution in [0.1, 0.15) is 24.5 Å². The molecule has 0 aliphatic rings. The first-order valence-electron chi connectivity index (χ1n) is 6.81. The van der Waals surface area contributed by atoms with Gasteiger partial charge in [0.15, 0.2) is 0 Å². The molecule has 0 heterocycles. The normalized spacial score (nSPS) is 10.1. The highest BCUT2D eigenvalue weighted by Crippen LogP contribution is 2.05. The summed E-state index contributed by atoms with van der Waals surface area (Å²) in [5, 5.41) is 7.89. The van der Waals surface area contributed by atoms with Gasteiger partial charge in [-0.3, -0.25) is 0 Å². The third kappa shape index (κ3) is 7.39. The van der Waals surface area contributed by atoms with Crippen LogP contribution in [0.3, 0.4) is 0 Å². The lowest BCUT2D eigenvalue weighted by Crippen LogP contribution is -1.93. The van der Waals surface area contributed by atoms with E-state index in [0.717, 1.165) is 12.7 Å². The lowest BCUT2D eigenvalue weighted by molar-refractivity contribution is 0.107. The van der Waals surface area contributed by atoms with Crippen LogP contribution < -0.4 is 0 Å². The van der Waals surface area contributed by atoms with Gasteiger partial charge in [-0.15, -0.1) is 0 Å². The molecule has 2 nitrogen and oxygen atoms in total. The maximum atomic E-state index is 7.89. The molecule has 0 fully saturated rings. The molecule has 0 atom stereocenters. The Hall–Kier alpha value is -2.06. The first kappa shape index (κ1) is 16.0. The van der Waals surface area contributed by atoms with Crippen LogP contribution in [-0.2, 0) is 18.0 Å². The summed E-state index contributed by atoms with van der Waals surface area (Å²) >= 11 is 0. The highest BCUT2D eigenvalue weighted by atomic mass is 16.5. The van der Waals surface area contributed by atoms with Gasteiger partial charge in [-0.05, 0) is 17.5 Å². The highest BCUT2D eigenvalue weighted by molar-refractivity contribution is 5.15. The van der Waals surface area contributed by atoms with E-state index in [2.05, 4.69) is 24.3 Å². The predicted octanol–water partition coefficient (Wildman–Crippen LogP) is 4.87. The summed E-state index contributed by atoms with van der Waals surface area (Å²) < 4.78 is 5.61. The van der Waals surface area contributed by atoms with Crippen LogP contribution in [0.15, 0.2) is 73.0 Å². The van der Waals surface area contributed by atoms with E-state index in [1.807, 2.05) is 43.3 Å². The van der Waals surface area contributed by atoms with Crippen molar-refractivity contribution in [1.82, 2.24) is 0 Å². The second kappa shape index (κ2) is 10.8. The smallest absolute Gasteiger partial charge is 0.0751 e. The van der Waals surface area contributed by atoms with Crippen molar-refractivity contribution >= 4 is 0 Å². The Morgan fingerprint density at radius 1 is 0.850 bits per heavy atom. The van der Waals surface area contributed by atoms with Crippen molar-refractivity contribution in [3.05, 3.63) is 84.1 Å². The fraction of sp³-hybridized carbons (Fsp3) is 0.222. The minimum Gasteiger partial charge on any atom is -0.516 e. The number of allylic oxidation sites excluding steroid dienone is 1. The number of hydrogen-bond acceptors (Lipinski definition) is 2. The van der Waals surface area contributed by atoms with E-state index in [9.17, 15) is 0 Å². The van der Waals surface area contributed by atoms with E-state index < -0.39 is 0 Å². The fourth-order valence-corrected chi connectivity index (χ4v) is 1.54. The van der Waals surface area contributed by atoms with Gasteiger partial charge in [-0.2, -0.15) is 0 Å². The molecule has 0 unspecified atom stereocenters. The van der Waals surface area contributed by atoms with E-state index in [4.69, 9.17) is 9.84 Å². The molecule has 106 valence electrons. The van der Waals surface area contributed by atoms with Crippen LogP contribution in [-0.4, -0.2) is 5.11 Å². The molecule has 0 amide bonds. The molecule has 0 aliphatic carbocycles. The maximum Gasteiger partial charge on any atom is 0.0751 e. The van der Waals surface area contributed by atoms with E-state index in [1.165, 1.54) is 11.1 Å². The monoisotopic (exact) mass is 270 g/mol. The zero-order chi connectivity index (χ0) is 14.5. The largest absolute Gasteiger partial charge is 0.516 e. The molecule has 0 bridgehead atoms. The molecular formula is C18H22O2. The zero-order valence-corrected chi connectivity index (χ0v) is 11.9. The molecule has 2 aromatic rings. The van der Waals surface area contributed by atoms with Crippen LogP contribution in [0.2, 0.25) is 0 Å². The van der Waals surface area contributed by atoms with Gasteiger partial charge in [0.25, 0.3) is 0 Å². The first-order chi connectivity index (χ1) is 9.86. The number of rotatable bonds is 5. The molecule has 0 saturated carbocycles. The van der Waals surface area contributed by atoms with Crippen molar-refractivity contribution in [2.45, 2.75) is 26.6 Å². The second-order valence-corrected chi connectivity index (χ2v) is 4.26. The van der Waals surface area contributed by atoms with Crippen LogP contribution >= 0.6 is 0 Å². The molecule has 0 spiro atoms. The fourth-order valence-electron chi connectivity index (χ4n) is 1.54. The number of hydrogen-bond donors (Lipinski definition) is 1.